The van der Waals surface area contributed by atoms with Crippen molar-refractivity contribution >= 4 is 16.0 Å². The van der Waals surface area contributed by atoms with E-state index in [2.05, 4.69) is 14.9 Å². The maximum atomic E-state index is 12.3. The molecule has 0 N–H and O–H groups in total. The maximum Gasteiger partial charge on any atom is 0.225 e. The fourth-order valence-electron chi connectivity index (χ4n) is 3.68. The van der Waals surface area contributed by atoms with E-state index in [0.29, 0.717) is 19.5 Å². The zero-order valence-electron chi connectivity index (χ0n) is 13.1. The Hall–Kier alpha value is -1.21. The van der Waals surface area contributed by atoms with E-state index < -0.39 is 10.0 Å². The monoisotopic (exact) mass is 324 g/mol. The summed E-state index contributed by atoms with van der Waals surface area (Å²) in [5.74, 6) is 1.02. The predicted molar refractivity (Wildman–Crippen MR) is 86.2 cm³/mol. The molecular formula is C15H24N4O2S. The summed E-state index contributed by atoms with van der Waals surface area (Å²) in [7, 11) is -3.08. The summed E-state index contributed by atoms with van der Waals surface area (Å²) in [6.45, 7) is 5.03. The first-order chi connectivity index (χ1) is 10.5. The van der Waals surface area contributed by atoms with E-state index in [4.69, 9.17) is 0 Å². The normalized spacial score (nSPS) is 26.7. The second kappa shape index (κ2) is 6.12. The first kappa shape index (κ1) is 15.7. The summed E-state index contributed by atoms with van der Waals surface area (Å²) >= 11 is 0. The Bertz CT molecular complexity index is 607. The number of anilines is 1. The van der Waals surface area contributed by atoms with Crippen LogP contribution in [0.25, 0.3) is 0 Å². The van der Waals surface area contributed by atoms with E-state index in [9.17, 15) is 8.42 Å². The van der Waals surface area contributed by atoms with Crippen LogP contribution in [0.3, 0.4) is 0 Å². The molecule has 2 aliphatic rings. The van der Waals surface area contributed by atoms with E-state index in [1.165, 1.54) is 0 Å². The average Bonchev–Trinajstić information content (AvgIpc) is 2.93. The van der Waals surface area contributed by atoms with Gasteiger partial charge in [-0.1, -0.05) is 6.92 Å². The molecule has 0 aliphatic carbocycles. The molecule has 1 aromatic rings. The van der Waals surface area contributed by atoms with Crippen molar-refractivity contribution in [2.24, 2.45) is 5.41 Å². The zero-order valence-corrected chi connectivity index (χ0v) is 13.9. The molecular weight excluding hydrogens is 300 g/mol. The number of hydrogen-bond donors (Lipinski definition) is 0. The van der Waals surface area contributed by atoms with Crippen LogP contribution in [0.1, 0.15) is 32.6 Å². The van der Waals surface area contributed by atoms with Crippen molar-refractivity contribution < 1.29 is 8.42 Å². The van der Waals surface area contributed by atoms with Crippen molar-refractivity contribution in [3.8, 4) is 0 Å². The summed E-state index contributed by atoms with van der Waals surface area (Å²) in [5.41, 5.74) is 0.0677. The van der Waals surface area contributed by atoms with Crippen LogP contribution in [0.15, 0.2) is 18.5 Å². The fraction of sp³-hybridized carbons (Fsp3) is 0.733. The summed E-state index contributed by atoms with van der Waals surface area (Å²) in [4.78, 5) is 10.9. The lowest BCUT2D eigenvalue weighted by Gasteiger charge is -2.40. The number of rotatable bonds is 4. The van der Waals surface area contributed by atoms with Gasteiger partial charge in [-0.25, -0.2) is 22.7 Å². The van der Waals surface area contributed by atoms with Crippen molar-refractivity contribution in [1.29, 1.82) is 0 Å². The Labute approximate surface area is 132 Å². The topological polar surface area (TPSA) is 66.4 Å². The standard InChI is InChI=1S/C15H24N4O2S/c1-2-11-22(20,21)19-10-6-15(13-19)5-3-9-18(12-15)14-16-7-4-8-17-14/h4,7-8H,2-3,5-6,9-13H2,1H3/t15-/m1/s1. The van der Waals surface area contributed by atoms with Gasteiger partial charge in [0.2, 0.25) is 16.0 Å². The van der Waals surface area contributed by atoms with Crippen LogP contribution < -0.4 is 4.90 Å². The predicted octanol–water partition coefficient (Wildman–Crippen LogP) is 1.51. The lowest BCUT2D eigenvalue weighted by atomic mass is 9.79. The van der Waals surface area contributed by atoms with Gasteiger partial charge in [0.05, 0.1) is 5.75 Å². The molecule has 3 heterocycles. The number of aromatic nitrogens is 2. The molecule has 0 unspecified atom stereocenters. The molecule has 0 bridgehead atoms. The van der Waals surface area contributed by atoms with Crippen LogP contribution in [0.4, 0.5) is 5.95 Å². The van der Waals surface area contributed by atoms with Gasteiger partial charge in [0.15, 0.2) is 0 Å². The molecule has 0 aromatic carbocycles. The quantitative estimate of drug-likeness (QED) is 0.840. The van der Waals surface area contributed by atoms with Crippen molar-refractivity contribution in [2.45, 2.75) is 32.6 Å². The molecule has 1 atom stereocenters. The van der Waals surface area contributed by atoms with E-state index in [1.54, 1.807) is 16.7 Å². The van der Waals surface area contributed by atoms with Gasteiger partial charge in [-0.3, -0.25) is 0 Å². The van der Waals surface area contributed by atoms with Crippen LogP contribution in [-0.4, -0.2) is 54.6 Å². The Kier molecular flexibility index (Phi) is 4.36. The molecule has 122 valence electrons. The SMILES string of the molecule is CCCS(=O)(=O)N1CC[C@@]2(CCCN(c3ncccn3)C2)C1. The van der Waals surface area contributed by atoms with Crippen LogP contribution in [0.5, 0.6) is 0 Å². The third kappa shape index (κ3) is 3.10. The highest BCUT2D eigenvalue weighted by Crippen LogP contribution is 2.40. The second-order valence-corrected chi connectivity index (χ2v) is 8.56. The molecule has 22 heavy (non-hydrogen) atoms. The number of nitrogens with zero attached hydrogens (tertiary/aromatic N) is 4. The van der Waals surface area contributed by atoms with Gasteiger partial charge in [0.1, 0.15) is 0 Å². The fourth-order valence-corrected chi connectivity index (χ4v) is 5.30. The van der Waals surface area contributed by atoms with Crippen LogP contribution in [0.2, 0.25) is 0 Å². The van der Waals surface area contributed by atoms with Gasteiger partial charge in [-0.05, 0) is 31.7 Å². The average molecular weight is 324 g/mol. The first-order valence-electron chi connectivity index (χ1n) is 8.04. The third-order valence-electron chi connectivity index (χ3n) is 4.76. The molecule has 0 amide bonds. The lowest BCUT2D eigenvalue weighted by molar-refractivity contribution is 0.246. The van der Waals surface area contributed by atoms with Crippen LogP contribution in [-0.2, 0) is 10.0 Å². The molecule has 1 aromatic heterocycles. The highest BCUT2D eigenvalue weighted by molar-refractivity contribution is 7.89. The first-order valence-corrected chi connectivity index (χ1v) is 9.65. The number of hydrogen-bond acceptors (Lipinski definition) is 5. The van der Waals surface area contributed by atoms with E-state index in [1.807, 2.05) is 13.0 Å². The van der Waals surface area contributed by atoms with Crippen LogP contribution in [0, 0.1) is 5.41 Å². The van der Waals surface area contributed by atoms with E-state index in [0.717, 1.165) is 38.3 Å². The van der Waals surface area contributed by atoms with Gasteiger partial charge in [0.25, 0.3) is 0 Å². The molecule has 2 saturated heterocycles. The minimum atomic E-state index is -3.08. The molecule has 6 nitrogen and oxygen atoms in total. The van der Waals surface area contributed by atoms with Gasteiger partial charge >= 0.3 is 0 Å². The largest absolute Gasteiger partial charge is 0.340 e. The molecule has 0 saturated carbocycles. The maximum absolute atomic E-state index is 12.3. The lowest BCUT2D eigenvalue weighted by Crippen LogP contribution is -2.46. The molecule has 7 heteroatoms. The minimum Gasteiger partial charge on any atom is -0.340 e. The van der Waals surface area contributed by atoms with Crippen molar-refractivity contribution in [3.05, 3.63) is 18.5 Å². The smallest absolute Gasteiger partial charge is 0.225 e. The van der Waals surface area contributed by atoms with E-state index >= 15 is 0 Å². The van der Waals surface area contributed by atoms with Gasteiger partial charge in [-0.2, -0.15) is 0 Å². The van der Waals surface area contributed by atoms with Crippen molar-refractivity contribution in [1.82, 2.24) is 14.3 Å². The molecule has 2 fully saturated rings. The van der Waals surface area contributed by atoms with Gasteiger partial charge in [-0.15, -0.1) is 0 Å². The highest BCUT2D eigenvalue weighted by atomic mass is 32.2. The van der Waals surface area contributed by atoms with Gasteiger partial charge < -0.3 is 4.90 Å². The molecule has 3 rings (SSSR count). The molecule has 2 aliphatic heterocycles. The van der Waals surface area contributed by atoms with E-state index in [-0.39, 0.29) is 11.2 Å². The summed E-state index contributed by atoms with van der Waals surface area (Å²) in [6.07, 6.45) is 7.30. The van der Waals surface area contributed by atoms with Gasteiger partial charge in [0, 0.05) is 44.0 Å². The Morgan fingerprint density at radius 1 is 1.18 bits per heavy atom. The summed E-state index contributed by atoms with van der Waals surface area (Å²) in [6, 6.07) is 1.82. The summed E-state index contributed by atoms with van der Waals surface area (Å²) in [5, 5.41) is 0. The van der Waals surface area contributed by atoms with Crippen molar-refractivity contribution in [2.75, 3.05) is 36.8 Å². The third-order valence-corrected chi connectivity index (χ3v) is 6.78. The van der Waals surface area contributed by atoms with Crippen LogP contribution >= 0.6 is 0 Å². The highest BCUT2D eigenvalue weighted by Gasteiger charge is 2.44. The minimum absolute atomic E-state index is 0.0677. The Morgan fingerprint density at radius 2 is 1.95 bits per heavy atom. The van der Waals surface area contributed by atoms with Crippen molar-refractivity contribution in [3.63, 3.8) is 0 Å². The second-order valence-electron chi connectivity index (χ2n) is 6.47. The zero-order chi connectivity index (χ0) is 15.6. The Morgan fingerprint density at radius 3 is 2.68 bits per heavy atom. The molecule has 0 radical (unpaired) electrons. The summed E-state index contributed by atoms with van der Waals surface area (Å²) < 4.78 is 26.3. The number of piperidine rings is 1. The Balaban J connectivity index is 1.72. The molecule has 1 spiro atoms. The number of sulfonamides is 1.